The van der Waals surface area contributed by atoms with Crippen LogP contribution in [0.2, 0.25) is 0 Å². The fraction of sp³-hybridized carbons (Fsp3) is 0.400. The molecule has 1 saturated heterocycles. The maximum absolute atomic E-state index is 12.1. The Balaban J connectivity index is 1.99. The smallest absolute Gasteiger partial charge is 0.321 e. The van der Waals surface area contributed by atoms with E-state index in [1.165, 1.54) is 12.8 Å². The highest BCUT2D eigenvalue weighted by molar-refractivity contribution is 5.89. The summed E-state index contributed by atoms with van der Waals surface area (Å²) in [6.07, 6.45) is 9.97. The number of carbonyl (C=O) groups is 1. The molecular weight excluding hydrogens is 224 g/mol. The number of nitrogens with one attached hydrogen (secondary N) is 1. The molecule has 0 aromatic heterocycles. The van der Waals surface area contributed by atoms with E-state index in [-0.39, 0.29) is 6.03 Å². The largest absolute Gasteiger partial charge is 0.325 e. The van der Waals surface area contributed by atoms with Gasteiger partial charge in [-0.15, -0.1) is 6.42 Å². The summed E-state index contributed by atoms with van der Waals surface area (Å²) < 4.78 is 0. The fourth-order valence-corrected chi connectivity index (χ4v) is 2.16. The first-order valence-electron chi connectivity index (χ1n) is 6.42. The maximum Gasteiger partial charge on any atom is 0.321 e. The number of benzene rings is 1. The number of likely N-dealkylation sites (tertiary alicyclic amines) is 1. The van der Waals surface area contributed by atoms with Crippen molar-refractivity contribution in [2.75, 3.05) is 18.4 Å². The molecule has 0 saturated carbocycles. The minimum Gasteiger partial charge on any atom is -0.325 e. The molecule has 0 bridgehead atoms. The zero-order chi connectivity index (χ0) is 12.8. The zero-order valence-electron chi connectivity index (χ0n) is 10.5. The number of urea groups is 1. The third-order valence-corrected chi connectivity index (χ3v) is 3.17. The highest BCUT2D eigenvalue weighted by atomic mass is 16.2. The van der Waals surface area contributed by atoms with E-state index in [2.05, 4.69) is 11.2 Å². The average Bonchev–Trinajstić information content (AvgIpc) is 2.68. The number of amides is 2. The molecule has 1 aliphatic heterocycles. The normalized spacial score (nSPS) is 15.6. The Morgan fingerprint density at radius 1 is 1.22 bits per heavy atom. The monoisotopic (exact) mass is 242 g/mol. The van der Waals surface area contributed by atoms with E-state index in [0.29, 0.717) is 0 Å². The molecule has 0 spiro atoms. The van der Waals surface area contributed by atoms with Crippen LogP contribution < -0.4 is 5.32 Å². The fourth-order valence-electron chi connectivity index (χ4n) is 2.16. The van der Waals surface area contributed by atoms with Crippen LogP contribution >= 0.6 is 0 Å². The lowest BCUT2D eigenvalue weighted by Crippen LogP contribution is -2.35. The highest BCUT2D eigenvalue weighted by Crippen LogP contribution is 2.13. The van der Waals surface area contributed by atoms with Gasteiger partial charge in [0.2, 0.25) is 0 Å². The van der Waals surface area contributed by atoms with Gasteiger partial charge in [-0.2, -0.15) is 0 Å². The van der Waals surface area contributed by atoms with Crippen LogP contribution in [0.15, 0.2) is 24.3 Å². The summed E-state index contributed by atoms with van der Waals surface area (Å²) in [5.74, 6) is 2.57. The molecule has 3 nitrogen and oxygen atoms in total. The van der Waals surface area contributed by atoms with Crippen molar-refractivity contribution < 1.29 is 4.79 Å². The molecule has 2 amide bonds. The molecule has 1 heterocycles. The molecule has 1 N–H and O–H groups in total. The quantitative estimate of drug-likeness (QED) is 0.754. The van der Waals surface area contributed by atoms with Gasteiger partial charge in [0.25, 0.3) is 0 Å². The van der Waals surface area contributed by atoms with Crippen LogP contribution in [-0.4, -0.2) is 24.0 Å². The Morgan fingerprint density at radius 2 is 1.94 bits per heavy atom. The first-order valence-corrected chi connectivity index (χ1v) is 6.42. The second-order valence-corrected chi connectivity index (χ2v) is 4.56. The summed E-state index contributed by atoms with van der Waals surface area (Å²) in [6.45, 7) is 1.70. The number of hydrogen-bond donors (Lipinski definition) is 1. The Morgan fingerprint density at radius 3 is 2.61 bits per heavy atom. The number of rotatable bonds is 1. The van der Waals surface area contributed by atoms with Crippen LogP contribution in [0.3, 0.4) is 0 Å². The van der Waals surface area contributed by atoms with E-state index >= 15 is 0 Å². The van der Waals surface area contributed by atoms with Crippen LogP contribution in [0.25, 0.3) is 0 Å². The Hall–Kier alpha value is -1.95. The van der Waals surface area contributed by atoms with Crippen molar-refractivity contribution in [1.29, 1.82) is 0 Å². The van der Waals surface area contributed by atoms with Crippen molar-refractivity contribution in [3.05, 3.63) is 29.8 Å². The summed E-state index contributed by atoms with van der Waals surface area (Å²) in [5, 5.41) is 2.91. The van der Waals surface area contributed by atoms with Crippen LogP contribution in [-0.2, 0) is 0 Å². The molecule has 1 aromatic rings. The van der Waals surface area contributed by atoms with E-state index in [1.807, 2.05) is 29.2 Å². The summed E-state index contributed by atoms with van der Waals surface area (Å²) in [6, 6.07) is 7.35. The lowest BCUT2D eigenvalue weighted by molar-refractivity contribution is 0.214. The molecule has 0 aliphatic carbocycles. The summed E-state index contributed by atoms with van der Waals surface area (Å²) in [4.78, 5) is 14.0. The van der Waals surface area contributed by atoms with Crippen molar-refractivity contribution >= 4 is 11.7 Å². The van der Waals surface area contributed by atoms with Crippen LogP contribution in [0.4, 0.5) is 10.5 Å². The van der Waals surface area contributed by atoms with Gasteiger partial charge in [0.15, 0.2) is 0 Å². The molecule has 0 atom stereocenters. The Labute approximate surface area is 108 Å². The molecule has 1 aliphatic rings. The van der Waals surface area contributed by atoms with E-state index in [9.17, 15) is 4.79 Å². The summed E-state index contributed by atoms with van der Waals surface area (Å²) in [5.41, 5.74) is 1.54. The molecule has 0 radical (unpaired) electrons. The van der Waals surface area contributed by atoms with Gasteiger partial charge in [-0.1, -0.05) is 24.8 Å². The standard InChI is InChI=1S/C15H18N2O/c1-2-13-8-7-9-14(12-13)16-15(18)17-10-5-3-4-6-11-17/h1,7-9,12H,3-6,10-11H2,(H,16,18). The first-order chi connectivity index (χ1) is 8.79. The van der Waals surface area contributed by atoms with Crippen molar-refractivity contribution in [2.45, 2.75) is 25.7 Å². The minimum atomic E-state index is -0.0222. The number of carbonyl (C=O) groups excluding carboxylic acids is 1. The van der Waals surface area contributed by atoms with Gasteiger partial charge < -0.3 is 10.2 Å². The van der Waals surface area contributed by atoms with Crippen molar-refractivity contribution in [2.24, 2.45) is 0 Å². The van der Waals surface area contributed by atoms with Gasteiger partial charge in [-0.3, -0.25) is 0 Å². The zero-order valence-corrected chi connectivity index (χ0v) is 10.5. The second kappa shape index (κ2) is 6.11. The van der Waals surface area contributed by atoms with E-state index in [1.54, 1.807) is 0 Å². The highest BCUT2D eigenvalue weighted by Gasteiger charge is 2.15. The molecule has 1 aromatic carbocycles. The van der Waals surface area contributed by atoms with Crippen LogP contribution in [0.1, 0.15) is 31.2 Å². The van der Waals surface area contributed by atoms with Crippen molar-refractivity contribution in [3.8, 4) is 12.3 Å². The van der Waals surface area contributed by atoms with Gasteiger partial charge in [-0.05, 0) is 31.0 Å². The van der Waals surface area contributed by atoms with Gasteiger partial charge in [-0.25, -0.2) is 4.79 Å². The number of terminal acetylenes is 1. The lowest BCUT2D eigenvalue weighted by Gasteiger charge is -2.20. The van der Waals surface area contributed by atoms with Crippen molar-refractivity contribution in [1.82, 2.24) is 4.90 Å². The first kappa shape index (κ1) is 12.5. The van der Waals surface area contributed by atoms with Crippen LogP contribution in [0, 0.1) is 12.3 Å². The van der Waals surface area contributed by atoms with Crippen molar-refractivity contribution in [3.63, 3.8) is 0 Å². The van der Waals surface area contributed by atoms with E-state index < -0.39 is 0 Å². The lowest BCUT2D eigenvalue weighted by atomic mass is 10.2. The molecular formula is C15H18N2O. The number of anilines is 1. The van der Waals surface area contributed by atoms with E-state index in [0.717, 1.165) is 37.2 Å². The predicted molar refractivity (Wildman–Crippen MR) is 73.4 cm³/mol. The predicted octanol–water partition coefficient (Wildman–Crippen LogP) is 3.08. The topological polar surface area (TPSA) is 32.3 Å². The minimum absolute atomic E-state index is 0.0222. The molecule has 94 valence electrons. The summed E-state index contributed by atoms with van der Waals surface area (Å²) >= 11 is 0. The molecule has 1 fully saturated rings. The molecule has 2 rings (SSSR count). The third-order valence-electron chi connectivity index (χ3n) is 3.17. The summed E-state index contributed by atoms with van der Waals surface area (Å²) in [7, 11) is 0. The number of nitrogens with zero attached hydrogens (tertiary/aromatic N) is 1. The molecule has 0 unspecified atom stereocenters. The maximum atomic E-state index is 12.1. The van der Waals surface area contributed by atoms with Gasteiger partial charge in [0.1, 0.15) is 0 Å². The SMILES string of the molecule is C#Cc1cccc(NC(=O)N2CCCCCC2)c1. The van der Waals surface area contributed by atoms with Gasteiger partial charge in [0, 0.05) is 24.3 Å². The third kappa shape index (κ3) is 3.27. The van der Waals surface area contributed by atoms with Gasteiger partial charge in [0.05, 0.1) is 0 Å². The molecule has 3 heteroatoms. The second-order valence-electron chi connectivity index (χ2n) is 4.56. The average molecular weight is 242 g/mol. The van der Waals surface area contributed by atoms with E-state index in [4.69, 9.17) is 6.42 Å². The Bertz CT molecular complexity index is 454. The number of hydrogen-bond acceptors (Lipinski definition) is 1. The van der Waals surface area contributed by atoms with Gasteiger partial charge >= 0.3 is 6.03 Å². The Kier molecular flexibility index (Phi) is 4.25. The molecule has 18 heavy (non-hydrogen) atoms. The van der Waals surface area contributed by atoms with Crippen LogP contribution in [0.5, 0.6) is 0 Å².